The fourth-order valence-electron chi connectivity index (χ4n) is 3.28. The lowest BCUT2D eigenvalue weighted by Crippen LogP contribution is -2.52. The van der Waals surface area contributed by atoms with Crippen molar-refractivity contribution in [1.29, 1.82) is 0 Å². The lowest BCUT2D eigenvalue weighted by atomic mass is 10.0. The summed E-state index contributed by atoms with van der Waals surface area (Å²) in [5.41, 5.74) is -0.303. The first-order valence-electron chi connectivity index (χ1n) is 7.46. The monoisotopic (exact) mass is 338 g/mol. The van der Waals surface area contributed by atoms with E-state index in [0.717, 1.165) is 16.6 Å². The average molecular weight is 338 g/mol. The zero-order valence-corrected chi connectivity index (χ0v) is 13.8. The number of piperidine rings is 1. The number of hydrogen-bond donors (Lipinski definition) is 1. The van der Waals surface area contributed by atoms with Crippen LogP contribution in [0.5, 0.6) is 0 Å². The first-order valence-corrected chi connectivity index (χ1v) is 9.78. The van der Waals surface area contributed by atoms with Crippen LogP contribution in [0.15, 0.2) is 34.5 Å². The Hall–Kier alpha value is -0.990. The molecule has 4 rings (SSSR count). The summed E-state index contributed by atoms with van der Waals surface area (Å²) in [7, 11) is -3.43. The Bertz CT molecular complexity index is 784. The summed E-state index contributed by atoms with van der Waals surface area (Å²) in [4.78, 5) is 0.435. The SMILES string of the molecule is O=S(=O)(c1csc2ccccc12)N1CCC2(CC1)NCCO2. The summed E-state index contributed by atoms with van der Waals surface area (Å²) in [6.07, 6.45) is 1.41. The number of rotatable bonds is 2. The molecule has 118 valence electrons. The van der Waals surface area contributed by atoms with Crippen molar-refractivity contribution in [2.24, 2.45) is 0 Å². The summed E-state index contributed by atoms with van der Waals surface area (Å²) in [6.45, 7) is 2.56. The topological polar surface area (TPSA) is 58.6 Å². The molecule has 0 aliphatic carbocycles. The van der Waals surface area contributed by atoms with E-state index < -0.39 is 10.0 Å². The lowest BCUT2D eigenvalue weighted by molar-refractivity contribution is -0.0445. The number of thiophene rings is 1. The van der Waals surface area contributed by atoms with Crippen LogP contribution in [-0.2, 0) is 14.8 Å². The number of fused-ring (bicyclic) bond motifs is 1. The minimum absolute atomic E-state index is 0.303. The van der Waals surface area contributed by atoms with Crippen LogP contribution >= 0.6 is 11.3 Å². The van der Waals surface area contributed by atoms with Crippen LogP contribution in [-0.4, -0.2) is 44.7 Å². The third kappa shape index (κ3) is 2.28. The second-order valence-corrected chi connectivity index (χ2v) is 8.59. The summed E-state index contributed by atoms with van der Waals surface area (Å²) < 4.78 is 34.2. The molecule has 1 N–H and O–H groups in total. The molecule has 2 aromatic rings. The van der Waals surface area contributed by atoms with Crippen molar-refractivity contribution in [2.45, 2.75) is 23.5 Å². The molecule has 5 nitrogen and oxygen atoms in total. The van der Waals surface area contributed by atoms with Crippen molar-refractivity contribution in [3.8, 4) is 0 Å². The van der Waals surface area contributed by atoms with Gasteiger partial charge in [0.05, 0.1) is 6.61 Å². The Labute approximate surface area is 133 Å². The highest BCUT2D eigenvalue weighted by atomic mass is 32.2. The molecule has 0 unspecified atom stereocenters. The number of benzene rings is 1. The first kappa shape index (κ1) is 14.6. The standard InChI is InChI=1S/C15H18N2O3S2/c18-22(19,14-11-21-13-4-2-1-3-12(13)14)17-8-5-15(6-9-17)16-7-10-20-15/h1-4,11,16H,5-10H2. The molecule has 3 heterocycles. The predicted octanol–water partition coefficient (Wildman–Crippen LogP) is 2.00. The molecule has 0 amide bonds. The smallest absolute Gasteiger partial charge is 0.244 e. The summed E-state index contributed by atoms with van der Waals surface area (Å²) in [5, 5.41) is 5.95. The predicted molar refractivity (Wildman–Crippen MR) is 86.5 cm³/mol. The Balaban J connectivity index is 1.62. The van der Waals surface area contributed by atoms with E-state index in [9.17, 15) is 8.42 Å². The van der Waals surface area contributed by atoms with Gasteiger partial charge in [0.15, 0.2) is 0 Å². The molecule has 1 aromatic heterocycles. The van der Waals surface area contributed by atoms with Crippen molar-refractivity contribution >= 4 is 31.4 Å². The third-order valence-electron chi connectivity index (χ3n) is 4.52. The van der Waals surface area contributed by atoms with E-state index in [2.05, 4.69) is 5.32 Å². The summed E-state index contributed by atoms with van der Waals surface area (Å²) >= 11 is 1.48. The van der Waals surface area contributed by atoms with Gasteiger partial charge in [-0.25, -0.2) is 8.42 Å². The highest BCUT2D eigenvalue weighted by molar-refractivity contribution is 7.89. The molecule has 1 spiro atoms. The van der Waals surface area contributed by atoms with E-state index in [1.165, 1.54) is 11.3 Å². The second-order valence-electron chi connectivity index (χ2n) is 5.77. The Kier molecular flexibility index (Phi) is 3.50. The van der Waals surface area contributed by atoms with Crippen LogP contribution in [0.4, 0.5) is 0 Å². The van der Waals surface area contributed by atoms with Crippen molar-refractivity contribution in [1.82, 2.24) is 9.62 Å². The van der Waals surface area contributed by atoms with E-state index in [1.807, 2.05) is 24.3 Å². The van der Waals surface area contributed by atoms with Crippen molar-refractivity contribution in [2.75, 3.05) is 26.2 Å². The van der Waals surface area contributed by atoms with Gasteiger partial charge in [0.1, 0.15) is 10.6 Å². The molecule has 7 heteroatoms. The zero-order valence-electron chi connectivity index (χ0n) is 12.1. The van der Waals surface area contributed by atoms with Crippen LogP contribution in [0.3, 0.4) is 0 Å². The van der Waals surface area contributed by atoms with Gasteiger partial charge in [0.2, 0.25) is 10.0 Å². The minimum Gasteiger partial charge on any atom is -0.359 e. The van der Waals surface area contributed by atoms with Crippen molar-refractivity contribution < 1.29 is 13.2 Å². The van der Waals surface area contributed by atoms with Crippen LogP contribution in [0.25, 0.3) is 10.1 Å². The van der Waals surface area contributed by atoms with Crippen LogP contribution in [0.2, 0.25) is 0 Å². The quantitative estimate of drug-likeness (QED) is 0.910. The molecule has 0 radical (unpaired) electrons. The maximum absolute atomic E-state index is 12.9. The second kappa shape index (κ2) is 5.28. The minimum atomic E-state index is -3.43. The van der Waals surface area contributed by atoms with Crippen molar-refractivity contribution in [3.05, 3.63) is 29.6 Å². The van der Waals surface area contributed by atoms with Gasteiger partial charge in [-0.1, -0.05) is 18.2 Å². The van der Waals surface area contributed by atoms with Gasteiger partial charge in [-0.05, 0) is 6.07 Å². The lowest BCUT2D eigenvalue weighted by Gasteiger charge is -2.37. The molecule has 0 saturated carbocycles. The van der Waals surface area contributed by atoms with Gasteiger partial charge >= 0.3 is 0 Å². The van der Waals surface area contributed by atoms with Gasteiger partial charge in [-0.2, -0.15) is 4.31 Å². The molecular weight excluding hydrogens is 320 g/mol. The number of hydrogen-bond acceptors (Lipinski definition) is 5. The van der Waals surface area contributed by atoms with Crippen LogP contribution < -0.4 is 5.32 Å². The van der Waals surface area contributed by atoms with Gasteiger partial charge in [0.25, 0.3) is 0 Å². The summed E-state index contributed by atoms with van der Waals surface area (Å²) in [5.74, 6) is 0. The van der Waals surface area contributed by atoms with Gasteiger partial charge in [-0.3, -0.25) is 5.32 Å². The highest BCUT2D eigenvalue weighted by Crippen LogP contribution is 2.34. The fraction of sp³-hybridized carbons (Fsp3) is 0.467. The molecule has 0 bridgehead atoms. The van der Waals surface area contributed by atoms with Crippen LogP contribution in [0, 0.1) is 0 Å². The molecular formula is C15H18N2O3S2. The number of sulfonamides is 1. The van der Waals surface area contributed by atoms with E-state index in [-0.39, 0.29) is 5.72 Å². The van der Waals surface area contributed by atoms with Gasteiger partial charge in [-0.15, -0.1) is 11.3 Å². The number of nitrogens with one attached hydrogen (secondary N) is 1. The van der Waals surface area contributed by atoms with E-state index in [1.54, 1.807) is 9.69 Å². The molecule has 1 aromatic carbocycles. The fourth-order valence-corrected chi connectivity index (χ4v) is 6.19. The largest absolute Gasteiger partial charge is 0.359 e. The first-order chi connectivity index (χ1) is 10.6. The highest BCUT2D eigenvalue weighted by Gasteiger charge is 2.41. The van der Waals surface area contributed by atoms with E-state index in [4.69, 9.17) is 4.74 Å². The number of nitrogens with zero attached hydrogens (tertiary/aromatic N) is 1. The maximum Gasteiger partial charge on any atom is 0.244 e. The zero-order chi connectivity index (χ0) is 15.2. The molecule has 22 heavy (non-hydrogen) atoms. The Morgan fingerprint density at radius 1 is 1.23 bits per heavy atom. The Morgan fingerprint density at radius 2 is 2.00 bits per heavy atom. The molecule has 2 saturated heterocycles. The van der Waals surface area contributed by atoms with Crippen LogP contribution in [0.1, 0.15) is 12.8 Å². The number of ether oxygens (including phenoxy) is 1. The van der Waals surface area contributed by atoms with Gasteiger partial charge < -0.3 is 4.74 Å². The maximum atomic E-state index is 12.9. The Morgan fingerprint density at radius 3 is 2.73 bits per heavy atom. The third-order valence-corrected chi connectivity index (χ3v) is 7.57. The molecule has 0 atom stereocenters. The van der Waals surface area contributed by atoms with E-state index >= 15 is 0 Å². The molecule has 2 aliphatic rings. The van der Waals surface area contributed by atoms with Crippen molar-refractivity contribution in [3.63, 3.8) is 0 Å². The summed E-state index contributed by atoms with van der Waals surface area (Å²) in [6, 6.07) is 7.66. The molecule has 2 fully saturated rings. The van der Waals surface area contributed by atoms with E-state index in [0.29, 0.717) is 37.4 Å². The average Bonchev–Trinajstić information content (AvgIpc) is 3.15. The van der Waals surface area contributed by atoms with Gasteiger partial charge in [0, 0.05) is 47.9 Å². The normalized spacial score (nSPS) is 22.5. The molecule has 2 aliphatic heterocycles.